The summed E-state index contributed by atoms with van der Waals surface area (Å²) in [5.41, 5.74) is 0. The molecule has 84 valence electrons. The van der Waals surface area contributed by atoms with E-state index in [4.69, 9.17) is 0 Å². The summed E-state index contributed by atoms with van der Waals surface area (Å²) in [6.45, 7) is 2.28. The van der Waals surface area contributed by atoms with Crippen molar-refractivity contribution in [2.24, 2.45) is 0 Å². The molecule has 0 rings (SSSR count). The summed E-state index contributed by atoms with van der Waals surface area (Å²) < 4.78 is 0. The SMILES string of the molecule is CCCCCCCCCC[SiH3].[O-2].[O-2].[Ti+4]. The zero-order valence-electron chi connectivity index (χ0n) is 9.68. The Labute approximate surface area is 107 Å². The van der Waals surface area contributed by atoms with Crippen LogP contribution in [0.25, 0.3) is 0 Å². The van der Waals surface area contributed by atoms with Crippen molar-refractivity contribution in [2.75, 3.05) is 0 Å². The summed E-state index contributed by atoms with van der Waals surface area (Å²) in [5, 5.41) is 0. The van der Waals surface area contributed by atoms with E-state index in [1.165, 1.54) is 67.7 Å². The van der Waals surface area contributed by atoms with Crippen LogP contribution in [0.1, 0.15) is 58.3 Å². The van der Waals surface area contributed by atoms with Crippen molar-refractivity contribution >= 4 is 10.2 Å². The van der Waals surface area contributed by atoms with Crippen LogP contribution in [0.2, 0.25) is 6.04 Å². The number of rotatable bonds is 8. The monoisotopic (exact) mass is 252 g/mol. The summed E-state index contributed by atoms with van der Waals surface area (Å²) in [4.78, 5) is 0. The van der Waals surface area contributed by atoms with E-state index in [-0.39, 0.29) is 32.7 Å². The number of unbranched alkanes of at least 4 members (excludes halogenated alkanes) is 7. The third-order valence-corrected chi connectivity index (χ3v) is 2.91. The van der Waals surface area contributed by atoms with Gasteiger partial charge in [0.25, 0.3) is 0 Å². The first kappa shape index (κ1) is 24.2. The molecule has 0 atom stereocenters. The molecule has 0 amide bonds. The summed E-state index contributed by atoms with van der Waals surface area (Å²) in [5.74, 6) is 0. The van der Waals surface area contributed by atoms with Crippen LogP contribution in [0.15, 0.2) is 0 Å². The minimum absolute atomic E-state index is 0. The van der Waals surface area contributed by atoms with Gasteiger partial charge in [-0.1, -0.05) is 64.3 Å². The molecule has 0 aromatic rings. The molecule has 0 aliphatic carbocycles. The molecule has 0 aromatic carbocycles. The molecule has 14 heavy (non-hydrogen) atoms. The van der Waals surface area contributed by atoms with Crippen LogP contribution in [0.5, 0.6) is 0 Å². The summed E-state index contributed by atoms with van der Waals surface area (Å²) >= 11 is 0. The van der Waals surface area contributed by atoms with E-state index in [1.807, 2.05) is 0 Å². The van der Waals surface area contributed by atoms with E-state index in [0.717, 1.165) is 0 Å². The fourth-order valence-electron chi connectivity index (χ4n) is 1.38. The average molecular weight is 252 g/mol. The molecular formula is C10H24O2SiTi. The average Bonchev–Trinajstić information content (AvgIpc) is 2.03. The van der Waals surface area contributed by atoms with Crippen molar-refractivity contribution in [3.63, 3.8) is 0 Å². The minimum Gasteiger partial charge on any atom is -2.00 e. The quantitative estimate of drug-likeness (QED) is 0.471. The second-order valence-electron chi connectivity index (χ2n) is 3.47. The molecule has 0 spiro atoms. The molecule has 0 saturated carbocycles. The largest absolute Gasteiger partial charge is 4.00 e. The maximum Gasteiger partial charge on any atom is 4.00 e. The summed E-state index contributed by atoms with van der Waals surface area (Å²) in [6.07, 6.45) is 11.7. The van der Waals surface area contributed by atoms with Crippen molar-refractivity contribution in [3.05, 3.63) is 0 Å². The Morgan fingerprint density at radius 1 is 0.714 bits per heavy atom. The summed E-state index contributed by atoms with van der Waals surface area (Å²) in [6, 6.07) is 1.51. The molecule has 0 radical (unpaired) electrons. The standard InChI is InChI=1S/C10H24Si.2O.Ti/c1-2-3-4-5-6-7-8-9-10-11;;;/h2-10H2,1,11H3;;;/q;2*-2;+4. The van der Waals surface area contributed by atoms with Crippen molar-refractivity contribution < 1.29 is 32.7 Å². The van der Waals surface area contributed by atoms with Crippen LogP contribution < -0.4 is 0 Å². The second kappa shape index (κ2) is 23.6. The Bertz CT molecular complexity index is 67.1. The van der Waals surface area contributed by atoms with Gasteiger partial charge in [0.2, 0.25) is 0 Å². The van der Waals surface area contributed by atoms with Crippen LogP contribution >= 0.6 is 0 Å². The van der Waals surface area contributed by atoms with Gasteiger partial charge in [-0.15, -0.1) is 0 Å². The zero-order valence-corrected chi connectivity index (χ0v) is 13.2. The molecule has 4 heteroatoms. The van der Waals surface area contributed by atoms with Crippen molar-refractivity contribution in [3.8, 4) is 0 Å². The molecule has 0 aliphatic heterocycles. The van der Waals surface area contributed by atoms with Gasteiger partial charge in [0, 0.05) is 10.2 Å². The maximum absolute atomic E-state index is 2.28. The fourth-order valence-corrected chi connectivity index (χ4v) is 1.88. The fraction of sp³-hybridized carbons (Fsp3) is 1.00. The smallest absolute Gasteiger partial charge is 2.00 e. The van der Waals surface area contributed by atoms with E-state index in [1.54, 1.807) is 0 Å². The van der Waals surface area contributed by atoms with Gasteiger partial charge in [-0.25, -0.2) is 0 Å². The van der Waals surface area contributed by atoms with E-state index in [0.29, 0.717) is 0 Å². The van der Waals surface area contributed by atoms with Gasteiger partial charge in [-0.2, -0.15) is 0 Å². The number of hydrogen-bond acceptors (Lipinski definition) is 0. The molecule has 2 nitrogen and oxygen atoms in total. The first-order chi connectivity index (χ1) is 5.41. The van der Waals surface area contributed by atoms with Crippen LogP contribution in [0.4, 0.5) is 0 Å². The van der Waals surface area contributed by atoms with Gasteiger partial charge in [0.15, 0.2) is 0 Å². The molecule has 0 aromatic heterocycles. The van der Waals surface area contributed by atoms with Crippen LogP contribution in [0, 0.1) is 0 Å². The second-order valence-corrected chi connectivity index (χ2v) is 4.47. The molecule has 0 bridgehead atoms. The normalized spacial score (nSPS) is 8.36. The van der Waals surface area contributed by atoms with Crippen LogP contribution in [-0.4, -0.2) is 10.2 Å². The predicted molar refractivity (Wildman–Crippen MR) is 58.7 cm³/mol. The zero-order chi connectivity index (χ0) is 8.36. The van der Waals surface area contributed by atoms with Gasteiger partial charge in [-0.3, -0.25) is 0 Å². The molecule has 0 fully saturated rings. The maximum atomic E-state index is 2.28. The van der Waals surface area contributed by atoms with Crippen molar-refractivity contribution in [1.29, 1.82) is 0 Å². The van der Waals surface area contributed by atoms with Gasteiger partial charge in [0.1, 0.15) is 0 Å². The van der Waals surface area contributed by atoms with Gasteiger partial charge < -0.3 is 11.0 Å². The van der Waals surface area contributed by atoms with Gasteiger partial charge >= 0.3 is 21.7 Å². The molecule has 0 aliphatic rings. The minimum atomic E-state index is 0. The van der Waals surface area contributed by atoms with E-state index < -0.39 is 0 Å². The van der Waals surface area contributed by atoms with Crippen molar-refractivity contribution in [2.45, 2.75) is 64.3 Å². The molecule has 0 N–H and O–H groups in total. The molecule has 0 unspecified atom stereocenters. The Morgan fingerprint density at radius 2 is 1.07 bits per heavy atom. The summed E-state index contributed by atoms with van der Waals surface area (Å²) in [7, 11) is 1.41. The molecule has 0 heterocycles. The first-order valence-electron chi connectivity index (χ1n) is 5.41. The van der Waals surface area contributed by atoms with Crippen molar-refractivity contribution in [1.82, 2.24) is 0 Å². The third kappa shape index (κ3) is 23.0. The molecule has 0 saturated heterocycles. The predicted octanol–water partition coefficient (Wildman–Crippen LogP) is 2.67. The number of hydrogen-bond donors (Lipinski definition) is 0. The Kier molecular flexibility index (Phi) is 40.7. The van der Waals surface area contributed by atoms with Crippen LogP contribution in [0.3, 0.4) is 0 Å². The molecular weight excluding hydrogens is 228 g/mol. The van der Waals surface area contributed by atoms with Gasteiger partial charge in [-0.05, 0) is 0 Å². The van der Waals surface area contributed by atoms with Crippen LogP contribution in [-0.2, 0) is 32.7 Å². The Hall–Kier alpha value is 0.851. The van der Waals surface area contributed by atoms with E-state index in [2.05, 4.69) is 6.92 Å². The van der Waals surface area contributed by atoms with Gasteiger partial charge in [0.05, 0.1) is 0 Å². The van der Waals surface area contributed by atoms with E-state index in [9.17, 15) is 0 Å². The Balaban J connectivity index is -0.000000167. The third-order valence-electron chi connectivity index (χ3n) is 2.21. The first-order valence-corrected chi connectivity index (χ1v) is 6.83. The Morgan fingerprint density at radius 3 is 1.43 bits per heavy atom. The van der Waals surface area contributed by atoms with E-state index >= 15 is 0 Å². The topological polar surface area (TPSA) is 57.0 Å².